The van der Waals surface area contributed by atoms with Gasteiger partial charge in [0, 0.05) is 17.2 Å². The molecular weight excluding hydrogens is 242 g/mol. The summed E-state index contributed by atoms with van der Waals surface area (Å²) >= 11 is 4.03. The van der Waals surface area contributed by atoms with Gasteiger partial charge in [0.25, 0.3) is 0 Å². The van der Waals surface area contributed by atoms with Gasteiger partial charge in [0.1, 0.15) is 0 Å². The van der Waals surface area contributed by atoms with Crippen LogP contribution in [0.1, 0.15) is 33.1 Å². The number of nitrogens with one attached hydrogen (secondary N) is 1. The third-order valence-corrected chi connectivity index (χ3v) is 5.91. The number of nitrogens with two attached hydrogens (primary N) is 1. The lowest BCUT2D eigenvalue weighted by Gasteiger charge is -2.21. The molecule has 0 radical (unpaired) electrons. The standard InChI is InChI=1S/C10H19N3OS2/c1-3-8(12-13-9(11)14)4-5-10(2)15-6-7-16-10/h3-7H2,1-2H3,(H3,11,13,14)/b12-8+. The molecule has 1 aliphatic heterocycles. The van der Waals surface area contributed by atoms with E-state index in [9.17, 15) is 4.79 Å². The van der Waals surface area contributed by atoms with Crippen LogP contribution in [0.15, 0.2) is 5.10 Å². The van der Waals surface area contributed by atoms with Crippen LogP contribution in [-0.2, 0) is 0 Å². The Hall–Kier alpha value is -0.360. The van der Waals surface area contributed by atoms with Crippen molar-refractivity contribution in [2.75, 3.05) is 11.5 Å². The van der Waals surface area contributed by atoms with Crippen molar-refractivity contribution in [3.05, 3.63) is 0 Å². The number of thioether (sulfide) groups is 2. The molecule has 6 heteroatoms. The summed E-state index contributed by atoms with van der Waals surface area (Å²) in [6, 6.07) is -0.596. The number of rotatable bonds is 5. The first-order chi connectivity index (χ1) is 7.56. The summed E-state index contributed by atoms with van der Waals surface area (Å²) < 4.78 is 0.322. The van der Waals surface area contributed by atoms with E-state index in [-0.39, 0.29) is 0 Å². The zero-order valence-corrected chi connectivity index (χ0v) is 11.4. The average molecular weight is 261 g/mol. The van der Waals surface area contributed by atoms with Crippen molar-refractivity contribution < 1.29 is 4.79 Å². The number of carbonyl (C=O) groups is 1. The fraction of sp³-hybridized carbons (Fsp3) is 0.800. The highest BCUT2D eigenvalue weighted by Crippen LogP contribution is 2.46. The predicted octanol–water partition coefficient (Wildman–Crippen LogP) is 2.40. The van der Waals surface area contributed by atoms with Gasteiger partial charge in [0.15, 0.2) is 0 Å². The largest absolute Gasteiger partial charge is 0.350 e. The van der Waals surface area contributed by atoms with Crippen molar-refractivity contribution in [3.63, 3.8) is 0 Å². The number of hydrogen-bond acceptors (Lipinski definition) is 4. The van der Waals surface area contributed by atoms with Crippen LogP contribution in [0, 0.1) is 0 Å². The number of nitrogens with zero attached hydrogens (tertiary/aromatic N) is 1. The number of hydrazone groups is 1. The van der Waals surface area contributed by atoms with Crippen LogP contribution < -0.4 is 11.2 Å². The van der Waals surface area contributed by atoms with Gasteiger partial charge in [-0.3, -0.25) is 0 Å². The predicted molar refractivity (Wildman–Crippen MR) is 73.0 cm³/mol. The van der Waals surface area contributed by atoms with Crippen LogP contribution in [0.2, 0.25) is 0 Å². The third-order valence-electron chi connectivity index (χ3n) is 2.50. The quantitative estimate of drug-likeness (QED) is 0.590. The monoisotopic (exact) mass is 261 g/mol. The van der Waals surface area contributed by atoms with Crippen molar-refractivity contribution in [3.8, 4) is 0 Å². The van der Waals surface area contributed by atoms with Gasteiger partial charge in [-0.15, -0.1) is 23.5 Å². The molecule has 4 nitrogen and oxygen atoms in total. The Morgan fingerprint density at radius 1 is 1.50 bits per heavy atom. The first kappa shape index (κ1) is 13.7. The van der Waals surface area contributed by atoms with E-state index in [0.717, 1.165) is 25.0 Å². The van der Waals surface area contributed by atoms with Gasteiger partial charge >= 0.3 is 6.03 Å². The van der Waals surface area contributed by atoms with E-state index >= 15 is 0 Å². The van der Waals surface area contributed by atoms with Crippen LogP contribution in [0.3, 0.4) is 0 Å². The van der Waals surface area contributed by atoms with Crippen molar-refractivity contribution in [1.82, 2.24) is 5.43 Å². The molecule has 1 rings (SSSR count). The highest BCUT2D eigenvalue weighted by molar-refractivity contribution is 8.21. The molecule has 0 aliphatic carbocycles. The van der Waals surface area contributed by atoms with Crippen molar-refractivity contribution in [2.45, 2.75) is 37.2 Å². The zero-order valence-electron chi connectivity index (χ0n) is 9.78. The molecule has 0 spiro atoms. The Morgan fingerprint density at radius 2 is 2.12 bits per heavy atom. The van der Waals surface area contributed by atoms with Gasteiger partial charge in [-0.25, -0.2) is 10.2 Å². The van der Waals surface area contributed by atoms with Crippen LogP contribution in [0.25, 0.3) is 0 Å². The molecule has 0 saturated carbocycles. The Bertz CT molecular complexity index is 275. The molecule has 0 unspecified atom stereocenters. The smallest absolute Gasteiger partial charge is 0.332 e. The maximum atomic E-state index is 10.5. The van der Waals surface area contributed by atoms with E-state index in [1.807, 2.05) is 30.4 Å². The van der Waals surface area contributed by atoms with Gasteiger partial charge < -0.3 is 5.73 Å². The Morgan fingerprint density at radius 3 is 2.62 bits per heavy atom. The van der Waals surface area contributed by atoms with Crippen molar-refractivity contribution in [1.29, 1.82) is 0 Å². The van der Waals surface area contributed by atoms with Crippen LogP contribution in [-0.4, -0.2) is 27.3 Å². The molecule has 0 bridgehead atoms. The van der Waals surface area contributed by atoms with Gasteiger partial charge in [0.2, 0.25) is 0 Å². The second-order valence-corrected chi connectivity index (χ2v) is 7.29. The lowest BCUT2D eigenvalue weighted by Crippen LogP contribution is -2.26. The minimum atomic E-state index is -0.596. The molecule has 0 aromatic heterocycles. The SMILES string of the molecule is CC/C(CCC1(C)SCCS1)=N\NC(N)=O. The first-order valence-corrected chi connectivity index (χ1v) is 7.41. The Kier molecular flexibility index (Phi) is 5.48. The lowest BCUT2D eigenvalue weighted by molar-refractivity contribution is 0.249. The number of amides is 2. The normalized spacial score (nSPS) is 19.8. The van der Waals surface area contributed by atoms with E-state index in [2.05, 4.69) is 17.5 Å². The van der Waals surface area contributed by atoms with E-state index in [1.54, 1.807) is 0 Å². The minimum Gasteiger partial charge on any atom is -0.350 e. The molecular formula is C10H19N3OS2. The molecule has 1 saturated heterocycles. The lowest BCUT2D eigenvalue weighted by atomic mass is 10.1. The fourth-order valence-corrected chi connectivity index (χ4v) is 4.37. The number of carbonyl (C=O) groups excluding carboxylic acids is 1. The van der Waals surface area contributed by atoms with E-state index < -0.39 is 6.03 Å². The Labute approximate surface area is 105 Å². The molecule has 1 fully saturated rings. The third kappa shape index (κ3) is 4.65. The van der Waals surface area contributed by atoms with Gasteiger partial charge in [-0.05, 0) is 26.2 Å². The molecule has 0 aromatic carbocycles. The molecule has 92 valence electrons. The van der Waals surface area contributed by atoms with Gasteiger partial charge in [0.05, 0.1) is 4.08 Å². The zero-order chi connectivity index (χ0) is 12.0. The number of hydrogen-bond donors (Lipinski definition) is 2. The fourth-order valence-electron chi connectivity index (χ4n) is 1.52. The topological polar surface area (TPSA) is 67.5 Å². The van der Waals surface area contributed by atoms with Gasteiger partial charge in [-0.1, -0.05) is 6.92 Å². The molecule has 2 amide bonds. The maximum Gasteiger partial charge on any atom is 0.332 e. The van der Waals surface area contributed by atoms with E-state index in [4.69, 9.17) is 5.73 Å². The average Bonchev–Trinajstić information content (AvgIpc) is 2.65. The molecule has 1 heterocycles. The van der Waals surface area contributed by atoms with Crippen LogP contribution >= 0.6 is 23.5 Å². The summed E-state index contributed by atoms with van der Waals surface area (Å²) in [5, 5.41) is 4.01. The summed E-state index contributed by atoms with van der Waals surface area (Å²) in [4.78, 5) is 10.5. The minimum absolute atomic E-state index is 0.322. The van der Waals surface area contributed by atoms with Crippen molar-refractivity contribution in [2.24, 2.45) is 10.8 Å². The number of urea groups is 1. The molecule has 0 aromatic rings. The summed E-state index contributed by atoms with van der Waals surface area (Å²) in [5.74, 6) is 2.47. The highest BCUT2D eigenvalue weighted by atomic mass is 32.2. The second-order valence-electron chi connectivity index (χ2n) is 3.84. The molecule has 0 atom stereocenters. The van der Waals surface area contributed by atoms with Crippen LogP contribution in [0.5, 0.6) is 0 Å². The summed E-state index contributed by atoms with van der Waals surface area (Å²) in [6.07, 6.45) is 2.87. The Balaban J connectivity index is 2.38. The second kappa shape index (κ2) is 6.39. The van der Waals surface area contributed by atoms with E-state index in [0.29, 0.717) is 4.08 Å². The van der Waals surface area contributed by atoms with E-state index in [1.165, 1.54) is 11.5 Å². The maximum absolute atomic E-state index is 10.5. The summed E-state index contributed by atoms with van der Waals surface area (Å²) in [7, 11) is 0. The molecule has 16 heavy (non-hydrogen) atoms. The summed E-state index contributed by atoms with van der Waals surface area (Å²) in [6.45, 7) is 4.32. The molecule has 1 aliphatic rings. The summed E-state index contributed by atoms with van der Waals surface area (Å²) in [5.41, 5.74) is 8.28. The first-order valence-electron chi connectivity index (χ1n) is 5.44. The van der Waals surface area contributed by atoms with Crippen LogP contribution in [0.4, 0.5) is 4.79 Å². The number of primary amides is 1. The van der Waals surface area contributed by atoms with Crippen molar-refractivity contribution >= 4 is 35.3 Å². The van der Waals surface area contributed by atoms with Gasteiger partial charge in [-0.2, -0.15) is 5.10 Å². The highest BCUT2D eigenvalue weighted by Gasteiger charge is 2.29. The molecule has 3 N–H and O–H groups in total.